The summed E-state index contributed by atoms with van der Waals surface area (Å²) >= 11 is 3.35. The zero-order valence-electron chi connectivity index (χ0n) is 13.2. The minimum absolute atomic E-state index is 0.132. The summed E-state index contributed by atoms with van der Waals surface area (Å²) < 4.78 is 18.8. The van der Waals surface area contributed by atoms with Gasteiger partial charge in [-0.3, -0.25) is 4.79 Å². The molecule has 1 amide bonds. The Morgan fingerprint density at radius 1 is 1.00 bits per heavy atom. The molecule has 0 radical (unpaired) electrons. The standard InChI is InChI=1S/C18H17BrFNO3/c1-2-24-18(23)17(22)21(11-13-3-7-15(19)8-4-13)12-14-5-9-16(20)10-6-14/h3-10H,2,11-12H2,1H3. The number of hydrogen-bond acceptors (Lipinski definition) is 3. The number of nitrogens with zero attached hydrogens (tertiary/aromatic N) is 1. The first kappa shape index (κ1) is 18.1. The second-order valence-electron chi connectivity index (χ2n) is 5.13. The lowest BCUT2D eigenvalue weighted by molar-refractivity contribution is -0.160. The molecule has 0 aliphatic rings. The highest BCUT2D eigenvalue weighted by molar-refractivity contribution is 9.10. The van der Waals surface area contributed by atoms with E-state index in [0.717, 1.165) is 15.6 Å². The predicted molar refractivity (Wildman–Crippen MR) is 91.4 cm³/mol. The van der Waals surface area contributed by atoms with Gasteiger partial charge in [0.15, 0.2) is 0 Å². The summed E-state index contributed by atoms with van der Waals surface area (Å²) in [5.41, 5.74) is 1.60. The fourth-order valence-corrected chi connectivity index (χ4v) is 2.41. The Morgan fingerprint density at radius 3 is 2.00 bits per heavy atom. The molecule has 0 spiro atoms. The smallest absolute Gasteiger partial charge is 0.397 e. The van der Waals surface area contributed by atoms with Gasteiger partial charge in [0.2, 0.25) is 0 Å². The van der Waals surface area contributed by atoms with Crippen molar-refractivity contribution < 1.29 is 18.7 Å². The molecular formula is C18H17BrFNO3. The van der Waals surface area contributed by atoms with Crippen LogP contribution in [0.2, 0.25) is 0 Å². The van der Waals surface area contributed by atoms with E-state index in [4.69, 9.17) is 4.74 Å². The average Bonchev–Trinajstić information content (AvgIpc) is 2.57. The van der Waals surface area contributed by atoms with E-state index in [1.807, 2.05) is 24.3 Å². The monoisotopic (exact) mass is 393 g/mol. The SMILES string of the molecule is CCOC(=O)C(=O)N(Cc1ccc(F)cc1)Cc1ccc(Br)cc1. The van der Waals surface area contributed by atoms with Crippen molar-refractivity contribution in [2.24, 2.45) is 0 Å². The van der Waals surface area contributed by atoms with Crippen molar-refractivity contribution in [2.75, 3.05) is 6.61 Å². The summed E-state index contributed by atoms with van der Waals surface area (Å²) in [5.74, 6) is -1.96. The third-order valence-corrected chi connectivity index (χ3v) is 3.84. The van der Waals surface area contributed by atoms with Gasteiger partial charge in [0.25, 0.3) is 0 Å². The van der Waals surface area contributed by atoms with Gasteiger partial charge >= 0.3 is 11.9 Å². The van der Waals surface area contributed by atoms with Gasteiger partial charge in [-0.15, -0.1) is 0 Å². The Labute approximate surface area is 148 Å². The predicted octanol–water partition coefficient (Wildman–Crippen LogP) is 3.68. The first-order valence-corrected chi connectivity index (χ1v) is 8.24. The highest BCUT2D eigenvalue weighted by Crippen LogP contribution is 2.15. The first-order valence-electron chi connectivity index (χ1n) is 7.44. The Hall–Kier alpha value is -2.21. The molecule has 0 aliphatic carbocycles. The van der Waals surface area contributed by atoms with Gasteiger partial charge in [0.05, 0.1) is 6.61 Å². The summed E-state index contributed by atoms with van der Waals surface area (Å²) in [7, 11) is 0. The van der Waals surface area contributed by atoms with E-state index in [0.29, 0.717) is 0 Å². The van der Waals surface area contributed by atoms with Crippen LogP contribution in [0, 0.1) is 5.82 Å². The van der Waals surface area contributed by atoms with Crippen molar-refractivity contribution in [3.63, 3.8) is 0 Å². The van der Waals surface area contributed by atoms with Crippen molar-refractivity contribution in [1.82, 2.24) is 4.90 Å². The van der Waals surface area contributed by atoms with E-state index in [2.05, 4.69) is 15.9 Å². The molecule has 0 saturated carbocycles. The van der Waals surface area contributed by atoms with Gasteiger partial charge < -0.3 is 9.64 Å². The molecule has 2 aromatic rings. The molecule has 0 fully saturated rings. The van der Waals surface area contributed by atoms with Crippen LogP contribution in [0.1, 0.15) is 18.1 Å². The Balaban J connectivity index is 2.19. The lowest BCUT2D eigenvalue weighted by Gasteiger charge is -2.22. The molecule has 0 heterocycles. The molecule has 0 atom stereocenters. The molecule has 126 valence electrons. The minimum Gasteiger partial charge on any atom is -0.459 e. The summed E-state index contributed by atoms with van der Waals surface area (Å²) in [5, 5.41) is 0. The summed E-state index contributed by atoms with van der Waals surface area (Å²) in [6, 6.07) is 13.3. The van der Waals surface area contributed by atoms with E-state index in [1.165, 1.54) is 17.0 Å². The highest BCUT2D eigenvalue weighted by atomic mass is 79.9. The molecule has 6 heteroatoms. The molecule has 0 aromatic heterocycles. The Bertz CT molecular complexity index is 654. The zero-order chi connectivity index (χ0) is 17.5. The highest BCUT2D eigenvalue weighted by Gasteiger charge is 2.23. The zero-order valence-corrected chi connectivity index (χ0v) is 14.8. The lowest BCUT2D eigenvalue weighted by Crippen LogP contribution is -2.36. The van der Waals surface area contributed by atoms with Gasteiger partial charge in [-0.1, -0.05) is 40.2 Å². The number of halogens is 2. The summed E-state index contributed by atoms with van der Waals surface area (Å²) in [6.45, 7) is 2.22. The van der Waals surface area contributed by atoms with Crippen LogP contribution in [0.3, 0.4) is 0 Å². The maximum absolute atomic E-state index is 13.0. The van der Waals surface area contributed by atoms with Crippen LogP contribution >= 0.6 is 15.9 Å². The van der Waals surface area contributed by atoms with E-state index in [-0.39, 0.29) is 25.5 Å². The van der Waals surface area contributed by atoms with Crippen molar-refractivity contribution in [3.05, 3.63) is 69.9 Å². The molecule has 2 rings (SSSR count). The molecule has 2 aromatic carbocycles. The van der Waals surface area contributed by atoms with E-state index in [1.54, 1.807) is 19.1 Å². The molecule has 0 bridgehead atoms. The molecular weight excluding hydrogens is 377 g/mol. The molecule has 0 saturated heterocycles. The lowest BCUT2D eigenvalue weighted by atomic mass is 10.1. The maximum Gasteiger partial charge on any atom is 0.397 e. The fraction of sp³-hybridized carbons (Fsp3) is 0.222. The number of carbonyl (C=O) groups excluding carboxylic acids is 2. The van der Waals surface area contributed by atoms with Crippen LogP contribution in [0.15, 0.2) is 53.0 Å². The number of carbonyl (C=O) groups is 2. The number of ether oxygens (including phenoxy) is 1. The first-order chi connectivity index (χ1) is 11.5. The second-order valence-corrected chi connectivity index (χ2v) is 6.05. The number of benzene rings is 2. The topological polar surface area (TPSA) is 46.6 Å². The van der Waals surface area contributed by atoms with Gasteiger partial charge in [0.1, 0.15) is 5.82 Å². The van der Waals surface area contributed by atoms with Gasteiger partial charge in [-0.25, -0.2) is 9.18 Å². The summed E-state index contributed by atoms with van der Waals surface area (Å²) in [6.07, 6.45) is 0. The number of hydrogen-bond donors (Lipinski definition) is 0. The van der Waals surface area contributed by atoms with Crippen molar-refractivity contribution in [1.29, 1.82) is 0 Å². The molecule has 0 unspecified atom stereocenters. The quantitative estimate of drug-likeness (QED) is 0.574. The second kappa shape index (κ2) is 8.59. The van der Waals surface area contributed by atoms with Gasteiger partial charge in [-0.05, 0) is 42.3 Å². The normalized spacial score (nSPS) is 10.3. The molecule has 4 nitrogen and oxygen atoms in total. The third-order valence-electron chi connectivity index (χ3n) is 3.31. The number of amides is 1. The largest absolute Gasteiger partial charge is 0.459 e. The van der Waals surface area contributed by atoms with Crippen LogP contribution in [0.5, 0.6) is 0 Å². The Morgan fingerprint density at radius 2 is 1.50 bits per heavy atom. The number of esters is 1. The van der Waals surface area contributed by atoms with Crippen molar-refractivity contribution in [2.45, 2.75) is 20.0 Å². The van der Waals surface area contributed by atoms with Crippen LogP contribution in [-0.2, 0) is 27.4 Å². The van der Waals surface area contributed by atoms with Crippen molar-refractivity contribution >= 4 is 27.8 Å². The van der Waals surface area contributed by atoms with Crippen LogP contribution < -0.4 is 0 Å². The third kappa shape index (κ3) is 5.16. The van der Waals surface area contributed by atoms with Crippen LogP contribution in [0.25, 0.3) is 0 Å². The Kier molecular flexibility index (Phi) is 6.49. The van der Waals surface area contributed by atoms with Crippen LogP contribution in [0.4, 0.5) is 4.39 Å². The van der Waals surface area contributed by atoms with E-state index < -0.39 is 11.9 Å². The van der Waals surface area contributed by atoms with Crippen LogP contribution in [-0.4, -0.2) is 23.4 Å². The molecule has 0 N–H and O–H groups in total. The molecule has 0 aliphatic heterocycles. The minimum atomic E-state index is -0.892. The van der Waals surface area contributed by atoms with Gasteiger partial charge in [0, 0.05) is 17.6 Å². The number of rotatable bonds is 5. The average molecular weight is 394 g/mol. The maximum atomic E-state index is 13.0. The van der Waals surface area contributed by atoms with Crippen molar-refractivity contribution in [3.8, 4) is 0 Å². The van der Waals surface area contributed by atoms with E-state index >= 15 is 0 Å². The molecule has 24 heavy (non-hydrogen) atoms. The summed E-state index contributed by atoms with van der Waals surface area (Å²) in [4.78, 5) is 25.5. The fourth-order valence-electron chi connectivity index (χ4n) is 2.14. The van der Waals surface area contributed by atoms with Gasteiger partial charge in [-0.2, -0.15) is 0 Å². The van der Waals surface area contributed by atoms with E-state index in [9.17, 15) is 14.0 Å².